The van der Waals surface area contributed by atoms with Crippen LogP contribution < -0.4 is 5.32 Å². The highest BCUT2D eigenvalue weighted by atomic mass is 35.5. The van der Waals surface area contributed by atoms with E-state index in [-0.39, 0.29) is 5.82 Å². The number of aryl methyl sites for hydroxylation is 1. The Balaban J connectivity index is 1.72. The van der Waals surface area contributed by atoms with Crippen LogP contribution in [0.3, 0.4) is 0 Å². The van der Waals surface area contributed by atoms with Gasteiger partial charge in [0, 0.05) is 18.5 Å². The van der Waals surface area contributed by atoms with Crippen molar-refractivity contribution in [2.45, 2.75) is 32.2 Å². The molecule has 1 N–H and O–H groups in total. The summed E-state index contributed by atoms with van der Waals surface area (Å²) >= 11 is 6.00. The second-order valence-electron chi connectivity index (χ2n) is 5.15. The first-order chi connectivity index (χ1) is 9.61. The first kappa shape index (κ1) is 13.3. The lowest BCUT2D eigenvalue weighted by Gasteiger charge is -2.08. The predicted molar refractivity (Wildman–Crippen MR) is 77.5 cm³/mol. The minimum atomic E-state index is -0.191. The molecule has 104 valence electrons. The van der Waals surface area contributed by atoms with Gasteiger partial charge in [-0.3, -0.25) is 0 Å². The van der Waals surface area contributed by atoms with Crippen molar-refractivity contribution in [3.05, 3.63) is 52.2 Å². The fraction of sp³-hybridized carbons (Fsp3) is 0.333. The summed E-state index contributed by atoms with van der Waals surface area (Å²) < 4.78 is 13.5. The number of hydrogen-bond acceptors (Lipinski definition) is 3. The van der Waals surface area contributed by atoms with Crippen LogP contribution in [0.1, 0.15) is 35.7 Å². The Bertz CT molecular complexity index is 641. The van der Waals surface area contributed by atoms with Gasteiger partial charge in [0.25, 0.3) is 0 Å². The van der Waals surface area contributed by atoms with E-state index < -0.39 is 0 Å². The number of rotatable bonds is 4. The number of halogens is 2. The lowest BCUT2D eigenvalue weighted by molar-refractivity contribution is 0.616. The summed E-state index contributed by atoms with van der Waals surface area (Å²) in [6.45, 7) is 2.26. The molecule has 1 fully saturated rings. The van der Waals surface area contributed by atoms with E-state index in [2.05, 4.69) is 15.3 Å². The first-order valence-corrected chi connectivity index (χ1v) is 7.03. The van der Waals surface area contributed by atoms with E-state index in [1.807, 2.05) is 6.07 Å². The highest BCUT2D eigenvalue weighted by Gasteiger charge is 2.27. The number of aromatic nitrogens is 2. The standard InChI is InChI=1S/C15H15ClFN3/c1-9-2-3-10(6-12(9)17)8-18-14-7-13(16)19-15(20-14)11-4-5-11/h2-3,6-7,11H,4-5,8H2,1H3,(H,18,19,20). The molecule has 20 heavy (non-hydrogen) atoms. The Morgan fingerprint density at radius 3 is 2.80 bits per heavy atom. The molecule has 1 aliphatic rings. The van der Waals surface area contributed by atoms with Crippen molar-refractivity contribution >= 4 is 17.4 Å². The summed E-state index contributed by atoms with van der Waals surface area (Å²) in [6.07, 6.45) is 2.26. The fourth-order valence-corrected chi connectivity index (χ4v) is 2.18. The largest absolute Gasteiger partial charge is 0.366 e. The SMILES string of the molecule is Cc1ccc(CNc2cc(Cl)nc(C3CC3)n2)cc1F. The van der Waals surface area contributed by atoms with E-state index in [1.165, 1.54) is 6.07 Å². The van der Waals surface area contributed by atoms with E-state index in [0.717, 1.165) is 24.2 Å². The van der Waals surface area contributed by atoms with Gasteiger partial charge in [0.2, 0.25) is 0 Å². The average molecular weight is 292 g/mol. The molecule has 0 spiro atoms. The molecule has 0 amide bonds. The van der Waals surface area contributed by atoms with Crippen molar-refractivity contribution < 1.29 is 4.39 Å². The van der Waals surface area contributed by atoms with E-state index in [9.17, 15) is 4.39 Å². The molecule has 1 heterocycles. The van der Waals surface area contributed by atoms with Crippen molar-refractivity contribution in [1.82, 2.24) is 9.97 Å². The maximum atomic E-state index is 13.5. The van der Waals surface area contributed by atoms with Gasteiger partial charge in [-0.15, -0.1) is 0 Å². The normalized spacial score (nSPS) is 14.3. The number of nitrogens with one attached hydrogen (secondary N) is 1. The smallest absolute Gasteiger partial charge is 0.135 e. The summed E-state index contributed by atoms with van der Waals surface area (Å²) in [4.78, 5) is 8.68. The van der Waals surface area contributed by atoms with Crippen LogP contribution in [-0.4, -0.2) is 9.97 Å². The zero-order chi connectivity index (χ0) is 14.1. The Kier molecular flexibility index (Phi) is 3.57. The fourth-order valence-electron chi connectivity index (χ4n) is 1.99. The molecule has 0 atom stereocenters. The Morgan fingerprint density at radius 1 is 1.30 bits per heavy atom. The number of hydrogen-bond donors (Lipinski definition) is 1. The van der Waals surface area contributed by atoms with E-state index in [4.69, 9.17) is 11.6 Å². The van der Waals surface area contributed by atoms with Crippen LogP contribution in [0.4, 0.5) is 10.2 Å². The molecule has 3 nitrogen and oxygen atoms in total. The summed E-state index contributed by atoms with van der Waals surface area (Å²) in [5.74, 6) is 1.75. The van der Waals surface area contributed by atoms with Crippen LogP contribution in [0.25, 0.3) is 0 Å². The lowest BCUT2D eigenvalue weighted by Crippen LogP contribution is -2.04. The van der Waals surface area contributed by atoms with E-state index in [1.54, 1.807) is 19.1 Å². The van der Waals surface area contributed by atoms with Crippen molar-refractivity contribution in [2.24, 2.45) is 0 Å². The molecular weight excluding hydrogens is 277 g/mol. The second kappa shape index (κ2) is 5.37. The Hall–Kier alpha value is -1.68. The van der Waals surface area contributed by atoms with Gasteiger partial charge in [-0.05, 0) is 37.0 Å². The predicted octanol–water partition coefficient (Wildman–Crippen LogP) is 4.07. The second-order valence-corrected chi connectivity index (χ2v) is 5.53. The number of nitrogens with zero attached hydrogens (tertiary/aromatic N) is 2. The molecule has 1 aromatic heterocycles. The maximum absolute atomic E-state index is 13.5. The van der Waals surface area contributed by atoms with Crippen LogP contribution >= 0.6 is 11.6 Å². The van der Waals surface area contributed by atoms with Gasteiger partial charge in [0.15, 0.2) is 0 Å². The average Bonchev–Trinajstić information content (AvgIpc) is 3.24. The van der Waals surface area contributed by atoms with E-state index in [0.29, 0.717) is 29.0 Å². The zero-order valence-corrected chi connectivity index (χ0v) is 11.9. The summed E-state index contributed by atoms with van der Waals surface area (Å²) in [5.41, 5.74) is 1.52. The highest BCUT2D eigenvalue weighted by molar-refractivity contribution is 6.29. The van der Waals surface area contributed by atoms with Crippen molar-refractivity contribution in [2.75, 3.05) is 5.32 Å². The third-order valence-electron chi connectivity index (χ3n) is 3.36. The van der Waals surface area contributed by atoms with Crippen molar-refractivity contribution in [3.63, 3.8) is 0 Å². The van der Waals surface area contributed by atoms with Crippen LogP contribution in [0.5, 0.6) is 0 Å². The van der Waals surface area contributed by atoms with Crippen molar-refractivity contribution in [1.29, 1.82) is 0 Å². The molecule has 1 aliphatic carbocycles. The molecule has 1 saturated carbocycles. The molecule has 0 unspecified atom stereocenters. The molecule has 5 heteroatoms. The van der Waals surface area contributed by atoms with E-state index >= 15 is 0 Å². The molecule has 0 aliphatic heterocycles. The molecule has 1 aromatic carbocycles. The zero-order valence-electron chi connectivity index (χ0n) is 11.2. The van der Waals surface area contributed by atoms with Gasteiger partial charge in [-0.25, -0.2) is 14.4 Å². The van der Waals surface area contributed by atoms with Crippen molar-refractivity contribution in [3.8, 4) is 0 Å². The summed E-state index contributed by atoms with van der Waals surface area (Å²) in [5, 5.41) is 3.61. The first-order valence-electron chi connectivity index (χ1n) is 6.65. The van der Waals surface area contributed by atoms with Gasteiger partial charge in [0.1, 0.15) is 22.6 Å². The number of benzene rings is 1. The summed E-state index contributed by atoms with van der Waals surface area (Å²) in [6, 6.07) is 6.90. The van der Waals surface area contributed by atoms with Crippen LogP contribution in [0.15, 0.2) is 24.3 Å². The van der Waals surface area contributed by atoms with Gasteiger partial charge in [-0.2, -0.15) is 0 Å². The lowest BCUT2D eigenvalue weighted by atomic mass is 10.1. The molecule has 3 rings (SSSR count). The van der Waals surface area contributed by atoms with Gasteiger partial charge in [0.05, 0.1) is 0 Å². The van der Waals surface area contributed by atoms with Crippen LogP contribution in [-0.2, 0) is 6.54 Å². The highest BCUT2D eigenvalue weighted by Crippen LogP contribution is 2.38. The molecular formula is C15H15ClFN3. The third-order valence-corrected chi connectivity index (χ3v) is 3.56. The monoisotopic (exact) mass is 291 g/mol. The Labute approximate surface area is 122 Å². The van der Waals surface area contributed by atoms with Crippen LogP contribution in [0.2, 0.25) is 5.15 Å². The molecule has 0 bridgehead atoms. The quantitative estimate of drug-likeness (QED) is 0.863. The van der Waals surface area contributed by atoms with Crippen LogP contribution in [0, 0.1) is 12.7 Å². The third kappa shape index (κ3) is 3.07. The number of anilines is 1. The summed E-state index contributed by atoms with van der Waals surface area (Å²) in [7, 11) is 0. The Morgan fingerprint density at radius 2 is 2.10 bits per heavy atom. The van der Waals surface area contributed by atoms with Gasteiger partial charge < -0.3 is 5.32 Å². The van der Waals surface area contributed by atoms with Gasteiger partial charge >= 0.3 is 0 Å². The molecule has 2 aromatic rings. The molecule has 0 saturated heterocycles. The minimum Gasteiger partial charge on any atom is -0.366 e. The topological polar surface area (TPSA) is 37.8 Å². The maximum Gasteiger partial charge on any atom is 0.135 e. The van der Waals surface area contributed by atoms with Gasteiger partial charge in [-0.1, -0.05) is 23.7 Å². The minimum absolute atomic E-state index is 0.191. The molecule has 0 radical (unpaired) electrons.